The van der Waals surface area contributed by atoms with Crippen LogP contribution in [0.25, 0.3) is 4.96 Å². The van der Waals surface area contributed by atoms with Gasteiger partial charge in [0.2, 0.25) is 16.0 Å². The van der Waals surface area contributed by atoms with Crippen LogP contribution in [0, 0.1) is 18.8 Å². The summed E-state index contributed by atoms with van der Waals surface area (Å²) in [6, 6.07) is 11.1. The van der Waals surface area contributed by atoms with Gasteiger partial charge in [0, 0.05) is 24.8 Å². The van der Waals surface area contributed by atoms with E-state index in [4.69, 9.17) is 0 Å². The molecule has 1 aliphatic heterocycles. The molecule has 0 spiro atoms. The maximum absolute atomic E-state index is 12.9. The highest BCUT2D eigenvalue weighted by Crippen LogP contribution is 2.51. The van der Waals surface area contributed by atoms with Crippen molar-refractivity contribution in [1.82, 2.24) is 19.9 Å². The Bertz CT molecular complexity index is 1080. The summed E-state index contributed by atoms with van der Waals surface area (Å²) in [5, 5.41) is 8.20. The Hall–Kier alpha value is -2.74. The van der Waals surface area contributed by atoms with Gasteiger partial charge in [-0.3, -0.25) is 9.59 Å². The van der Waals surface area contributed by atoms with Crippen LogP contribution < -0.4 is 15.8 Å². The van der Waals surface area contributed by atoms with E-state index in [1.807, 2.05) is 35.2 Å². The lowest BCUT2D eigenvalue weighted by Crippen LogP contribution is -2.45. The average molecular weight is 381 g/mol. The molecule has 0 radical (unpaired) electrons. The minimum absolute atomic E-state index is 0.0274. The molecule has 1 saturated carbocycles. The number of carbonyl (C=O) groups excluding carboxylic acids is 1. The van der Waals surface area contributed by atoms with E-state index < -0.39 is 0 Å². The molecule has 1 saturated heterocycles. The highest BCUT2D eigenvalue weighted by molar-refractivity contribution is 7.20. The molecule has 3 atom stereocenters. The molecule has 1 amide bonds. The van der Waals surface area contributed by atoms with Gasteiger partial charge in [0.1, 0.15) is 6.04 Å². The highest BCUT2D eigenvalue weighted by atomic mass is 32.1. The van der Waals surface area contributed by atoms with E-state index in [-0.39, 0.29) is 17.5 Å². The van der Waals surface area contributed by atoms with Crippen molar-refractivity contribution in [2.45, 2.75) is 25.9 Å². The minimum Gasteiger partial charge on any atom is -0.350 e. The molecule has 2 fully saturated rings. The van der Waals surface area contributed by atoms with E-state index in [2.05, 4.69) is 15.4 Å². The fraction of sp³-hybridized carbons (Fsp3) is 0.368. The number of hydrogen-bond donors (Lipinski definition) is 1. The molecule has 0 bridgehead atoms. The predicted octanol–water partition coefficient (Wildman–Crippen LogP) is 1.60. The van der Waals surface area contributed by atoms with Crippen molar-refractivity contribution >= 4 is 27.3 Å². The molecular formula is C19H19N5O2S. The molecule has 7 nitrogen and oxygen atoms in total. The Balaban J connectivity index is 1.40. The maximum Gasteiger partial charge on any atom is 0.275 e. The third-order valence-electron chi connectivity index (χ3n) is 5.34. The molecule has 8 heteroatoms. The number of aromatic nitrogens is 3. The molecule has 3 unspecified atom stereocenters. The second-order valence-corrected chi connectivity index (χ2v) is 8.21. The van der Waals surface area contributed by atoms with Gasteiger partial charge < -0.3 is 10.2 Å². The number of rotatable bonds is 4. The normalized spacial score (nSPS) is 23.4. The lowest BCUT2D eigenvalue weighted by molar-refractivity contribution is -0.122. The summed E-state index contributed by atoms with van der Waals surface area (Å²) in [4.78, 5) is 32.1. The van der Waals surface area contributed by atoms with Crippen LogP contribution in [0.15, 0.2) is 41.2 Å². The number of piperidine rings is 1. The van der Waals surface area contributed by atoms with Crippen LogP contribution in [-0.4, -0.2) is 33.1 Å². The van der Waals surface area contributed by atoms with E-state index in [1.54, 1.807) is 6.92 Å². The molecule has 1 aliphatic carbocycles. The van der Waals surface area contributed by atoms with Gasteiger partial charge in [-0.15, -0.1) is 5.10 Å². The Morgan fingerprint density at radius 2 is 2.15 bits per heavy atom. The van der Waals surface area contributed by atoms with Crippen LogP contribution >= 0.6 is 11.3 Å². The average Bonchev–Trinajstić information content (AvgIpc) is 3.11. The lowest BCUT2D eigenvalue weighted by atomic mass is 10.1. The number of hydrogen-bond acceptors (Lipinski definition) is 6. The van der Waals surface area contributed by atoms with Crippen molar-refractivity contribution in [3.05, 3.63) is 58.0 Å². The third kappa shape index (κ3) is 2.90. The molecule has 1 aromatic carbocycles. The van der Waals surface area contributed by atoms with Crippen LogP contribution in [-0.2, 0) is 11.3 Å². The fourth-order valence-electron chi connectivity index (χ4n) is 3.91. The molecule has 5 rings (SSSR count). The van der Waals surface area contributed by atoms with Crippen LogP contribution in [0.1, 0.15) is 17.7 Å². The molecule has 27 heavy (non-hydrogen) atoms. The molecule has 3 aromatic rings. The number of benzene rings is 1. The van der Waals surface area contributed by atoms with Crippen molar-refractivity contribution in [3.63, 3.8) is 0 Å². The number of aryl methyl sites for hydroxylation is 1. The van der Waals surface area contributed by atoms with Crippen LogP contribution in [0.4, 0.5) is 5.13 Å². The number of anilines is 1. The van der Waals surface area contributed by atoms with Crippen molar-refractivity contribution in [1.29, 1.82) is 0 Å². The van der Waals surface area contributed by atoms with Crippen LogP contribution in [0.5, 0.6) is 0 Å². The van der Waals surface area contributed by atoms with Gasteiger partial charge in [0.15, 0.2) is 0 Å². The van der Waals surface area contributed by atoms with Crippen molar-refractivity contribution in [2.75, 3.05) is 11.4 Å². The number of carbonyl (C=O) groups is 1. The van der Waals surface area contributed by atoms with Gasteiger partial charge in [-0.05, 0) is 30.7 Å². The van der Waals surface area contributed by atoms with Gasteiger partial charge in [0.05, 0.1) is 0 Å². The largest absolute Gasteiger partial charge is 0.350 e. The molecular weight excluding hydrogens is 362 g/mol. The lowest BCUT2D eigenvalue weighted by Gasteiger charge is -2.25. The van der Waals surface area contributed by atoms with Crippen molar-refractivity contribution < 1.29 is 4.79 Å². The first kappa shape index (κ1) is 16.4. The monoisotopic (exact) mass is 381 g/mol. The molecule has 3 heterocycles. The molecule has 1 N–H and O–H groups in total. The zero-order valence-electron chi connectivity index (χ0n) is 14.8. The molecule has 2 aromatic heterocycles. The first-order valence-corrected chi connectivity index (χ1v) is 9.87. The number of nitrogens with one attached hydrogen (secondary N) is 1. The summed E-state index contributed by atoms with van der Waals surface area (Å²) in [5.74, 6) is 0.940. The Morgan fingerprint density at radius 3 is 2.96 bits per heavy atom. The third-order valence-corrected chi connectivity index (χ3v) is 6.28. The minimum atomic E-state index is -0.226. The zero-order valence-corrected chi connectivity index (χ0v) is 15.6. The molecule has 2 aliphatic rings. The van der Waals surface area contributed by atoms with Crippen LogP contribution in [0.3, 0.4) is 0 Å². The van der Waals surface area contributed by atoms with E-state index in [1.165, 1.54) is 21.9 Å². The number of fused-ring (bicyclic) bond motifs is 2. The van der Waals surface area contributed by atoms with E-state index in [0.29, 0.717) is 34.2 Å². The second-order valence-electron chi connectivity index (χ2n) is 7.28. The van der Waals surface area contributed by atoms with E-state index in [0.717, 1.165) is 18.5 Å². The topological polar surface area (TPSA) is 79.6 Å². The highest BCUT2D eigenvalue weighted by Gasteiger charge is 2.56. The predicted molar refractivity (Wildman–Crippen MR) is 103 cm³/mol. The summed E-state index contributed by atoms with van der Waals surface area (Å²) in [7, 11) is 0. The SMILES string of the molecule is Cc1cc(=O)n2nc(N3CC4CC4C3C(=O)NCc3ccccc3)sc2n1. The van der Waals surface area contributed by atoms with Gasteiger partial charge in [0.25, 0.3) is 5.56 Å². The second kappa shape index (κ2) is 6.16. The standard InChI is InChI=1S/C19H19N5O2S/c1-11-7-15(25)24-18(21-11)27-19(22-24)23-10-13-8-14(13)16(23)17(26)20-9-12-5-3-2-4-6-12/h2-7,13-14,16H,8-10H2,1H3,(H,20,26). The summed E-state index contributed by atoms with van der Waals surface area (Å²) in [6.45, 7) is 3.12. The zero-order chi connectivity index (χ0) is 18.5. The Labute approximate surface area is 159 Å². The summed E-state index contributed by atoms with van der Waals surface area (Å²) >= 11 is 1.37. The van der Waals surface area contributed by atoms with Crippen molar-refractivity contribution in [2.24, 2.45) is 11.8 Å². The molecule has 138 valence electrons. The quantitative estimate of drug-likeness (QED) is 0.743. The smallest absolute Gasteiger partial charge is 0.275 e. The number of nitrogens with zero attached hydrogens (tertiary/aromatic N) is 4. The summed E-state index contributed by atoms with van der Waals surface area (Å²) in [6.07, 6.45) is 1.09. The van der Waals surface area contributed by atoms with Gasteiger partial charge in [-0.2, -0.15) is 4.52 Å². The van der Waals surface area contributed by atoms with Crippen LogP contribution in [0.2, 0.25) is 0 Å². The van der Waals surface area contributed by atoms with E-state index >= 15 is 0 Å². The fourth-order valence-corrected chi connectivity index (χ4v) is 4.91. The summed E-state index contributed by atoms with van der Waals surface area (Å²) in [5.41, 5.74) is 1.57. The van der Waals surface area contributed by atoms with Gasteiger partial charge in [-0.1, -0.05) is 41.7 Å². The Kier molecular flexibility index (Phi) is 3.75. The maximum atomic E-state index is 12.9. The van der Waals surface area contributed by atoms with Gasteiger partial charge in [-0.25, -0.2) is 4.98 Å². The summed E-state index contributed by atoms with van der Waals surface area (Å²) < 4.78 is 1.33. The first-order valence-electron chi connectivity index (χ1n) is 9.06. The van der Waals surface area contributed by atoms with Crippen molar-refractivity contribution in [3.8, 4) is 0 Å². The van der Waals surface area contributed by atoms with Gasteiger partial charge >= 0.3 is 0 Å². The Morgan fingerprint density at radius 1 is 1.33 bits per heavy atom. The first-order chi connectivity index (χ1) is 13.1. The van der Waals surface area contributed by atoms with E-state index in [9.17, 15) is 9.59 Å². The number of amides is 1.